The number of benzene rings is 1. The summed E-state index contributed by atoms with van der Waals surface area (Å²) in [7, 11) is 1.73. The van der Waals surface area contributed by atoms with Crippen LogP contribution in [0, 0.1) is 0 Å². The summed E-state index contributed by atoms with van der Waals surface area (Å²) in [5, 5.41) is 2.76. The number of allylic oxidation sites excluding steroid dienone is 3. The monoisotopic (exact) mass is 312 g/mol. The van der Waals surface area contributed by atoms with E-state index < -0.39 is 0 Å². The molecule has 122 valence electrons. The summed E-state index contributed by atoms with van der Waals surface area (Å²) >= 11 is 0. The standard InChI is InChI=1S/C9H11NO.C8H7NO.C2H6/c1-4-5-8-6-9(11)10(3)7(8)2;10-8-5-6-3-1-2-4-7(6)9-8;1-2/h4-5H,1-2,6H2,3H3;1-4H,5H2,(H,9,10);1-2H3/b8-5-;;. The first-order valence-corrected chi connectivity index (χ1v) is 7.68. The SMILES string of the molecule is C=C/C=C1/CC(=O)N(C)C1=C.CC.O=C1Cc2ccccc2N1. The topological polar surface area (TPSA) is 49.4 Å². The van der Waals surface area contributed by atoms with Crippen LogP contribution in [0.2, 0.25) is 0 Å². The van der Waals surface area contributed by atoms with Crippen LogP contribution in [0.5, 0.6) is 0 Å². The van der Waals surface area contributed by atoms with Crippen LogP contribution in [-0.4, -0.2) is 23.8 Å². The van der Waals surface area contributed by atoms with Crippen LogP contribution in [0.3, 0.4) is 0 Å². The Bertz CT molecular complexity index is 618. The number of nitrogens with one attached hydrogen (secondary N) is 1. The second kappa shape index (κ2) is 8.73. The molecule has 4 nitrogen and oxygen atoms in total. The molecule has 0 radical (unpaired) electrons. The van der Waals surface area contributed by atoms with Gasteiger partial charge in [0.05, 0.1) is 12.8 Å². The third-order valence-electron chi connectivity index (χ3n) is 3.45. The summed E-state index contributed by atoms with van der Waals surface area (Å²) in [6, 6.07) is 7.75. The van der Waals surface area contributed by atoms with Gasteiger partial charge >= 0.3 is 0 Å². The molecule has 2 amide bonds. The van der Waals surface area contributed by atoms with Crippen molar-refractivity contribution in [2.24, 2.45) is 0 Å². The Balaban J connectivity index is 0.000000208. The number of carbonyl (C=O) groups is 2. The fourth-order valence-corrected chi connectivity index (χ4v) is 2.21. The van der Waals surface area contributed by atoms with Gasteiger partial charge in [-0.05, 0) is 17.2 Å². The van der Waals surface area contributed by atoms with Gasteiger partial charge in [-0.1, -0.05) is 57.4 Å². The predicted molar refractivity (Wildman–Crippen MR) is 94.9 cm³/mol. The molecule has 1 N–H and O–H groups in total. The Morgan fingerprint density at radius 2 is 1.83 bits per heavy atom. The molecule has 0 bridgehead atoms. The summed E-state index contributed by atoms with van der Waals surface area (Å²) in [4.78, 5) is 23.4. The van der Waals surface area contributed by atoms with Gasteiger partial charge in [-0.15, -0.1) is 0 Å². The first-order chi connectivity index (χ1) is 11.0. The predicted octanol–water partition coefficient (Wildman–Crippen LogP) is 3.68. The van der Waals surface area contributed by atoms with E-state index in [0.717, 1.165) is 22.5 Å². The zero-order chi connectivity index (χ0) is 17.4. The number of likely N-dealkylation sites (tertiary alicyclic amines) is 1. The number of anilines is 1. The molecule has 4 heteroatoms. The molecule has 2 aliphatic heterocycles. The largest absolute Gasteiger partial charge is 0.326 e. The van der Waals surface area contributed by atoms with E-state index in [4.69, 9.17) is 0 Å². The molecule has 0 aliphatic carbocycles. The van der Waals surface area contributed by atoms with Gasteiger partial charge in [0.25, 0.3) is 0 Å². The summed E-state index contributed by atoms with van der Waals surface area (Å²) in [6.45, 7) is 11.3. The highest BCUT2D eigenvalue weighted by atomic mass is 16.2. The van der Waals surface area contributed by atoms with Gasteiger partial charge < -0.3 is 10.2 Å². The Kier molecular flexibility index (Phi) is 7.00. The summed E-state index contributed by atoms with van der Waals surface area (Å²) < 4.78 is 0. The van der Waals surface area contributed by atoms with Crippen molar-refractivity contribution in [1.82, 2.24) is 4.90 Å². The Hall–Kier alpha value is -2.62. The molecular formula is C19H24N2O2. The smallest absolute Gasteiger partial charge is 0.231 e. The van der Waals surface area contributed by atoms with Crippen molar-refractivity contribution in [3.63, 3.8) is 0 Å². The first-order valence-electron chi connectivity index (χ1n) is 7.68. The summed E-state index contributed by atoms with van der Waals surface area (Å²) in [5.41, 5.74) is 3.82. The molecule has 0 saturated carbocycles. The van der Waals surface area contributed by atoms with Crippen LogP contribution in [0.4, 0.5) is 5.69 Å². The lowest BCUT2D eigenvalue weighted by Gasteiger charge is -2.07. The quantitative estimate of drug-likeness (QED) is 0.860. The van der Waals surface area contributed by atoms with E-state index in [1.165, 1.54) is 0 Å². The van der Waals surface area contributed by atoms with Crippen molar-refractivity contribution in [3.05, 3.63) is 66.4 Å². The molecule has 1 fully saturated rings. The lowest BCUT2D eigenvalue weighted by molar-refractivity contribution is -0.125. The average Bonchev–Trinajstić information content (AvgIpc) is 3.05. The van der Waals surface area contributed by atoms with Crippen molar-refractivity contribution < 1.29 is 9.59 Å². The fourth-order valence-electron chi connectivity index (χ4n) is 2.21. The van der Waals surface area contributed by atoms with Gasteiger partial charge in [0.1, 0.15) is 0 Å². The first kappa shape index (κ1) is 18.4. The highest BCUT2D eigenvalue weighted by molar-refractivity contribution is 5.98. The Morgan fingerprint density at radius 3 is 2.35 bits per heavy atom. The van der Waals surface area contributed by atoms with Gasteiger partial charge in [0.15, 0.2) is 0 Å². The van der Waals surface area contributed by atoms with E-state index in [-0.39, 0.29) is 11.8 Å². The van der Waals surface area contributed by atoms with E-state index in [9.17, 15) is 9.59 Å². The molecule has 0 atom stereocenters. The number of rotatable bonds is 1. The van der Waals surface area contributed by atoms with E-state index in [0.29, 0.717) is 12.8 Å². The maximum absolute atomic E-state index is 11.1. The number of likely N-dealkylation sites (N-methyl/N-ethyl adjacent to an activating group) is 1. The van der Waals surface area contributed by atoms with Crippen LogP contribution in [0.15, 0.2) is 60.8 Å². The van der Waals surface area contributed by atoms with Crippen LogP contribution in [0.25, 0.3) is 0 Å². The number of para-hydroxylation sites is 1. The zero-order valence-electron chi connectivity index (χ0n) is 14.1. The van der Waals surface area contributed by atoms with E-state index in [2.05, 4.69) is 18.5 Å². The minimum atomic E-state index is 0.0983. The van der Waals surface area contributed by atoms with Crippen molar-refractivity contribution in [3.8, 4) is 0 Å². The molecule has 0 spiro atoms. The van der Waals surface area contributed by atoms with Gasteiger partial charge in [0.2, 0.25) is 11.8 Å². The molecular weight excluding hydrogens is 288 g/mol. The minimum absolute atomic E-state index is 0.0983. The Morgan fingerprint density at radius 1 is 1.17 bits per heavy atom. The third kappa shape index (κ3) is 4.68. The number of carbonyl (C=O) groups excluding carboxylic acids is 2. The number of fused-ring (bicyclic) bond motifs is 1. The number of nitrogens with zero attached hydrogens (tertiary/aromatic N) is 1. The maximum Gasteiger partial charge on any atom is 0.231 e. The molecule has 0 unspecified atom stereocenters. The molecule has 3 rings (SSSR count). The van der Waals surface area contributed by atoms with Crippen molar-refractivity contribution in [1.29, 1.82) is 0 Å². The van der Waals surface area contributed by atoms with Crippen LogP contribution in [-0.2, 0) is 16.0 Å². The second-order valence-electron chi connectivity index (χ2n) is 4.89. The van der Waals surface area contributed by atoms with E-state index >= 15 is 0 Å². The average molecular weight is 312 g/mol. The minimum Gasteiger partial charge on any atom is -0.326 e. The number of hydrogen-bond acceptors (Lipinski definition) is 2. The maximum atomic E-state index is 11.1. The molecule has 23 heavy (non-hydrogen) atoms. The summed E-state index contributed by atoms with van der Waals surface area (Å²) in [5.74, 6) is 0.198. The Labute approximate surface area is 138 Å². The second-order valence-corrected chi connectivity index (χ2v) is 4.89. The van der Waals surface area contributed by atoms with Crippen molar-refractivity contribution >= 4 is 17.5 Å². The molecule has 2 aliphatic rings. The van der Waals surface area contributed by atoms with Crippen LogP contribution >= 0.6 is 0 Å². The van der Waals surface area contributed by atoms with Gasteiger partial charge in [-0.2, -0.15) is 0 Å². The van der Waals surface area contributed by atoms with Gasteiger partial charge in [-0.25, -0.2) is 0 Å². The summed E-state index contributed by atoms with van der Waals surface area (Å²) in [6.07, 6.45) is 4.49. The number of hydrogen-bond donors (Lipinski definition) is 1. The van der Waals surface area contributed by atoms with Crippen LogP contribution in [0.1, 0.15) is 25.8 Å². The van der Waals surface area contributed by atoms with Crippen molar-refractivity contribution in [2.75, 3.05) is 12.4 Å². The molecule has 1 saturated heterocycles. The highest BCUT2D eigenvalue weighted by Gasteiger charge is 2.24. The normalized spacial score (nSPS) is 16.9. The third-order valence-corrected chi connectivity index (χ3v) is 3.45. The molecule has 1 aromatic carbocycles. The molecule has 0 aromatic heterocycles. The zero-order valence-corrected chi connectivity index (χ0v) is 14.1. The lowest BCUT2D eigenvalue weighted by atomic mass is 10.2. The molecule has 2 heterocycles. The number of amides is 2. The van der Waals surface area contributed by atoms with E-state index in [1.807, 2.05) is 44.2 Å². The van der Waals surface area contributed by atoms with Crippen molar-refractivity contribution in [2.45, 2.75) is 26.7 Å². The van der Waals surface area contributed by atoms with Gasteiger partial charge in [0, 0.05) is 18.4 Å². The van der Waals surface area contributed by atoms with Crippen LogP contribution < -0.4 is 5.32 Å². The highest BCUT2D eigenvalue weighted by Crippen LogP contribution is 2.24. The van der Waals surface area contributed by atoms with Gasteiger partial charge in [-0.3, -0.25) is 9.59 Å². The lowest BCUT2D eigenvalue weighted by Crippen LogP contribution is -2.16. The van der Waals surface area contributed by atoms with E-state index in [1.54, 1.807) is 18.0 Å². The molecule has 1 aromatic rings. The fraction of sp³-hybridized carbons (Fsp3) is 0.263.